The molecular formula is C22H28N3O3+. The number of benzene rings is 2. The molecule has 6 heteroatoms. The van der Waals surface area contributed by atoms with Crippen LogP contribution in [0.25, 0.3) is 0 Å². The standard InChI is InChI=1S/C22H27N3O3/c1-16(25(2)14-21(26)23-18-8-9-18)22(27)24-19-10-12-20(13-11-19)28-15-17-6-4-3-5-7-17/h3-7,10-13,16,18H,8-9,14-15H2,1-2H3,(H,23,26)(H,24,27)/p+1/t16-/m1/s1. The molecule has 2 amide bonds. The normalized spacial score (nSPS) is 15.4. The molecule has 148 valence electrons. The summed E-state index contributed by atoms with van der Waals surface area (Å²) < 4.78 is 5.76. The minimum absolute atomic E-state index is 0.000400. The second kappa shape index (κ2) is 9.37. The van der Waals surface area contributed by atoms with E-state index in [1.807, 2.05) is 68.6 Å². The SMILES string of the molecule is C[C@H](C(=O)Nc1ccc(OCc2ccccc2)cc1)[NH+](C)CC(=O)NC1CC1. The molecule has 0 saturated heterocycles. The number of carbonyl (C=O) groups is 2. The van der Waals surface area contributed by atoms with Gasteiger partial charge in [0.2, 0.25) is 0 Å². The highest BCUT2D eigenvalue weighted by molar-refractivity contribution is 5.93. The van der Waals surface area contributed by atoms with Gasteiger partial charge in [0.1, 0.15) is 12.4 Å². The van der Waals surface area contributed by atoms with E-state index in [4.69, 9.17) is 4.74 Å². The zero-order chi connectivity index (χ0) is 19.9. The number of anilines is 1. The second-order valence-electron chi connectivity index (χ2n) is 7.37. The Kier molecular flexibility index (Phi) is 6.66. The van der Waals surface area contributed by atoms with Crippen molar-refractivity contribution in [2.75, 3.05) is 18.9 Å². The third kappa shape index (κ3) is 6.09. The Morgan fingerprint density at radius 2 is 1.79 bits per heavy atom. The van der Waals surface area contributed by atoms with Gasteiger partial charge in [0.15, 0.2) is 12.6 Å². The first-order valence-electron chi connectivity index (χ1n) is 9.70. The van der Waals surface area contributed by atoms with Gasteiger partial charge < -0.3 is 20.3 Å². The van der Waals surface area contributed by atoms with Crippen LogP contribution in [0.2, 0.25) is 0 Å². The van der Waals surface area contributed by atoms with Crippen molar-refractivity contribution in [3.05, 3.63) is 60.2 Å². The molecule has 3 N–H and O–H groups in total. The molecule has 0 bridgehead atoms. The van der Waals surface area contributed by atoms with Gasteiger partial charge in [-0.05, 0) is 49.6 Å². The van der Waals surface area contributed by atoms with Crippen molar-refractivity contribution in [2.45, 2.75) is 38.5 Å². The topological polar surface area (TPSA) is 71.9 Å². The average Bonchev–Trinajstić information content (AvgIpc) is 3.51. The number of nitrogens with one attached hydrogen (secondary N) is 3. The van der Waals surface area contributed by atoms with Crippen molar-refractivity contribution >= 4 is 17.5 Å². The summed E-state index contributed by atoms with van der Waals surface area (Å²) in [5.41, 5.74) is 1.81. The van der Waals surface area contributed by atoms with Crippen LogP contribution in [0.15, 0.2) is 54.6 Å². The van der Waals surface area contributed by atoms with E-state index in [0.29, 0.717) is 18.3 Å². The summed E-state index contributed by atoms with van der Waals surface area (Å²) in [7, 11) is 1.86. The zero-order valence-electron chi connectivity index (χ0n) is 16.4. The molecule has 2 aromatic carbocycles. The third-order valence-electron chi connectivity index (χ3n) is 4.88. The number of quaternary nitrogens is 1. The van der Waals surface area contributed by atoms with Crippen molar-refractivity contribution in [1.82, 2.24) is 5.32 Å². The Morgan fingerprint density at radius 3 is 2.43 bits per heavy atom. The minimum atomic E-state index is -0.334. The van der Waals surface area contributed by atoms with E-state index < -0.39 is 0 Å². The van der Waals surface area contributed by atoms with E-state index >= 15 is 0 Å². The van der Waals surface area contributed by atoms with E-state index in [9.17, 15) is 9.59 Å². The van der Waals surface area contributed by atoms with Gasteiger partial charge in [-0.15, -0.1) is 0 Å². The highest BCUT2D eigenvalue weighted by Crippen LogP contribution is 2.18. The Balaban J connectivity index is 1.45. The Morgan fingerprint density at radius 1 is 1.11 bits per heavy atom. The van der Waals surface area contributed by atoms with Gasteiger partial charge in [0, 0.05) is 11.7 Å². The van der Waals surface area contributed by atoms with E-state index in [2.05, 4.69) is 10.6 Å². The number of rotatable bonds is 9. The van der Waals surface area contributed by atoms with E-state index in [0.717, 1.165) is 29.1 Å². The molecule has 1 unspecified atom stereocenters. The minimum Gasteiger partial charge on any atom is -0.489 e. The zero-order valence-corrected chi connectivity index (χ0v) is 16.4. The van der Waals surface area contributed by atoms with Crippen LogP contribution < -0.4 is 20.3 Å². The number of hydrogen-bond donors (Lipinski definition) is 3. The fourth-order valence-corrected chi connectivity index (χ4v) is 2.76. The Bertz CT molecular complexity index is 788. The Hall–Kier alpha value is -2.86. The maximum absolute atomic E-state index is 12.5. The quantitative estimate of drug-likeness (QED) is 0.614. The lowest BCUT2D eigenvalue weighted by atomic mass is 10.2. The van der Waals surface area contributed by atoms with Crippen molar-refractivity contribution < 1.29 is 19.2 Å². The summed E-state index contributed by atoms with van der Waals surface area (Å²) in [4.78, 5) is 25.2. The lowest BCUT2D eigenvalue weighted by Crippen LogP contribution is -3.15. The van der Waals surface area contributed by atoms with E-state index in [1.54, 1.807) is 0 Å². The first kappa shape index (κ1) is 19.9. The van der Waals surface area contributed by atoms with Crippen LogP contribution >= 0.6 is 0 Å². The van der Waals surface area contributed by atoms with Gasteiger partial charge in [-0.1, -0.05) is 30.3 Å². The van der Waals surface area contributed by atoms with Gasteiger partial charge in [-0.3, -0.25) is 9.59 Å². The molecule has 1 saturated carbocycles. The van der Waals surface area contributed by atoms with Crippen molar-refractivity contribution in [3.8, 4) is 5.75 Å². The predicted octanol–water partition coefficient (Wildman–Crippen LogP) is 1.39. The van der Waals surface area contributed by atoms with Crippen molar-refractivity contribution in [2.24, 2.45) is 0 Å². The molecular weight excluding hydrogens is 354 g/mol. The maximum Gasteiger partial charge on any atom is 0.282 e. The number of ether oxygens (including phenoxy) is 1. The largest absolute Gasteiger partial charge is 0.489 e. The van der Waals surface area contributed by atoms with Crippen LogP contribution in [-0.2, 0) is 16.2 Å². The summed E-state index contributed by atoms with van der Waals surface area (Å²) in [6, 6.07) is 17.3. The molecule has 28 heavy (non-hydrogen) atoms. The molecule has 6 nitrogen and oxygen atoms in total. The van der Waals surface area contributed by atoms with Crippen molar-refractivity contribution in [3.63, 3.8) is 0 Å². The summed E-state index contributed by atoms with van der Waals surface area (Å²) >= 11 is 0. The fourth-order valence-electron chi connectivity index (χ4n) is 2.76. The molecule has 0 spiro atoms. The molecule has 0 aliphatic heterocycles. The van der Waals surface area contributed by atoms with Crippen molar-refractivity contribution in [1.29, 1.82) is 0 Å². The summed E-state index contributed by atoms with van der Waals surface area (Å²) in [5, 5.41) is 5.86. The average molecular weight is 382 g/mol. The molecule has 0 aromatic heterocycles. The summed E-state index contributed by atoms with van der Waals surface area (Å²) in [6.07, 6.45) is 2.12. The van der Waals surface area contributed by atoms with Gasteiger partial charge in [0.25, 0.3) is 11.8 Å². The smallest absolute Gasteiger partial charge is 0.282 e. The molecule has 2 aromatic rings. The molecule has 2 atom stereocenters. The highest BCUT2D eigenvalue weighted by atomic mass is 16.5. The van der Waals surface area contributed by atoms with Crippen LogP contribution in [0.4, 0.5) is 5.69 Å². The maximum atomic E-state index is 12.5. The first-order valence-corrected chi connectivity index (χ1v) is 9.70. The lowest BCUT2D eigenvalue weighted by Gasteiger charge is -2.20. The second-order valence-corrected chi connectivity index (χ2v) is 7.37. The van der Waals surface area contributed by atoms with Crippen LogP contribution in [0, 0.1) is 0 Å². The number of hydrogen-bond acceptors (Lipinski definition) is 3. The van der Waals surface area contributed by atoms with E-state index in [1.165, 1.54) is 0 Å². The van der Waals surface area contributed by atoms with Crippen LogP contribution in [0.1, 0.15) is 25.3 Å². The summed E-state index contributed by atoms with van der Waals surface area (Å²) in [5.74, 6) is 0.628. The molecule has 1 fully saturated rings. The van der Waals surface area contributed by atoms with Crippen LogP contribution in [0.3, 0.4) is 0 Å². The third-order valence-corrected chi connectivity index (χ3v) is 4.88. The van der Waals surface area contributed by atoms with E-state index in [-0.39, 0.29) is 24.4 Å². The van der Waals surface area contributed by atoms with Gasteiger partial charge in [-0.2, -0.15) is 0 Å². The Labute approximate surface area is 165 Å². The number of carbonyl (C=O) groups excluding carboxylic acids is 2. The number of likely N-dealkylation sites (N-methyl/N-ethyl adjacent to an activating group) is 1. The predicted molar refractivity (Wildman–Crippen MR) is 108 cm³/mol. The highest BCUT2D eigenvalue weighted by Gasteiger charge is 2.27. The van der Waals surface area contributed by atoms with Gasteiger partial charge in [-0.25, -0.2) is 0 Å². The lowest BCUT2D eigenvalue weighted by molar-refractivity contribution is -0.885. The van der Waals surface area contributed by atoms with Gasteiger partial charge >= 0.3 is 0 Å². The molecule has 0 heterocycles. The molecule has 1 aliphatic carbocycles. The molecule has 1 aliphatic rings. The molecule has 0 radical (unpaired) electrons. The number of amides is 2. The van der Waals surface area contributed by atoms with Crippen LogP contribution in [-0.4, -0.2) is 37.5 Å². The fraction of sp³-hybridized carbons (Fsp3) is 0.364. The first-order chi connectivity index (χ1) is 13.5. The van der Waals surface area contributed by atoms with Gasteiger partial charge in [0.05, 0.1) is 7.05 Å². The monoisotopic (exact) mass is 382 g/mol. The van der Waals surface area contributed by atoms with Crippen LogP contribution in [0.5, 0.6) is 5.75 Å². The molecule has 3 rings (SSSR count). The summed E-state index contributed by atoms with van der Waals surface area (Å²) in [6.45, 7) is 2.62.